The van der Waals surface area contributed by atoms with E-state index in [0.29, 0.717) is 5.95 Å². The molecule has 0 fully saturated rings. The summed E-state index contributed by atoms with van der Waals surface area (Å²) in [5.41, 5.74) is 2.95. The molecule has 0 aliphatic heterocycles. The summed E-state index contributed by atoms with van der Waals surface area (Å²) in [4.78, 5) is 11.4. The Hall–Kier alpha value is -3.08. The first-order valence-corrected chi connectivity index (χ1v) is 9.27. The Bertz CT molecular complexity index is 863. The first-order chi connectivity index (χ1) is 13.0. The molecule has 0 bridgehead atoms. The molecule has 3 aromatic rings. The first kappa shape index (κ1) is 18.7. The third kappa shape index (κ3) is 4.97. The van der Waals surface area contributed by atoms with Crippen LogP contribution in [-0.4, -0.2) is 22.6 Å². The maximum Gasteiger partial charge on any atom is 0.232 e. The van der Waals surface area contributed by atoms with Crippen molar-refractivity contribution < 1.29 is 4.74 Å². The van der Waals surface area contributed by atoms with Crippen molar-refractivity contribution in [2.75, 3.05) is 16.8 Å². The number of aromatic nitrogens is 2. The van der Waals surface area contributed by atoms with Gasteiger partial charge >= 0.3 is 0 Å². The number of nitrogens with one attached hydrogen (secondary N) is 1. The molecule has 1 N–H and O–H groups in total. The molecule has 0 aliphatic carbocycles. The number of ether oxygens (including phenoxy) is 1. The summed E-state index contributed by atoms with van der Waals surface area (Å²) < 4.78 is 5.69. The molecule has 0 spiro atoms. The maximum absolute atomic E-state index is 5.69. The van der Waals surface area contributed by atoms with Gasteiger partial charge in [0.15, 0.2) is 0 Å². The fourth-order valence-electron chi connectivity index (χ4n) is 2.82. The molecule has 3 rings (SSSR count). The fourth-order valence-corrected chi connectivity index (χ4v) is 2.82. The first-order valence-electron chi connectivity index (χ1n) is 9.27. The van der Waals surface area contributed by atoms with E-state index < -0.39 is 0 Å². The van der Waals surface area contributed by atoms with E-state index in [9.17, 15) is 0 Å². The normalized spacial score (nSPS) is 10.7. The molecule has 1 heterocycles. The predicted octanol–water partition coefficient (Wildman–Crippen LogP) is 5.47. The minimum Gasteiger partial charge on any atom is -0.491 e. The third-order valence-corrected chi connectivity index (χ3v) is 3.97. The third-order valence-electron chi connectivity index (χ3n) is 3.97. The zero-order valence-corrected chi connectivity index (χ0v) is 16.3. The van der Waals surface area contributed by atoms with Gasteiger partial charge in [-0.1, -0.05) is 18.2 Å². The summed E-state index contributed by atoms with van der Waals surface area (Å²) in [7, 11) is 0. The van der Waals surface area contributed by atoms with Crippen LogP contribution in [0.2, 0.25) is 0 Å². The molecule has 140 valence electrons. The van der Waals surface area contributed by atoms with E-state index in [1.807, 2.05) is 69.3 Å². The predicted molar refractivity (Wildman–Crippen MR) is 111 cm³/mol. The molecule has 1 aromatic heterocycles. The molecule has 0 aliphatic rings. The average Bonchev–Trinajstić information content (AvgIpc) is 2.64. The second kappa shape index (κ2) is 8.54. The Morgan fingerprint density at radius 2 is 1.70 bits per heavy atom. The molecule has 0 saturated carbocycles. The van der Waals surface area contributed by atoms with Gasteiger partial charge in [-0.3, -0.25) is 0 Å². The molecule has 5 heteroatoms. The Balaban J connectivity index is 1.83. The van der Waals surface area contributed by atoms with Gasteiger partial charge in [-0.15, -0.1) is 0 Å². The second-order valence-electron chi connectivity index (χ2n) is 6.59. The van der Waals surface area contributed by atoms with Crippen molar-refractivity contribution in [3.05, 3.63) is 66.4 Å². The van der Waals surface area contributed by atoms with Crippen LogP contribution >= 0.6 is 0 Å². The van der Waals surface area contributed by atoms with Crippen LogP contribution in [0, 0.1) is 6.92 Å². The molecule has 0 saturated heterocycles. The molecule has 2 aromatic carbocycles. The lowest BCUT2D eigenvalue weighted by atomic mass is 10.3. The molecule has 0 unspecified atom stereocenters. The van der Waals surface area contributed by atoms with Crippen LogP contribution in [0.25, 0.3) is 0 Å². The highest BCUT2D eigenvalue weighted by molar-refractivity contribution is 5.62. The van der Waals surface area contributed by atoms with Gasteiger partial charge in [0.25, 0.3) is 0 Å². The van der Waals surface area contributed by atoms with Crippen LogP contribution in [-0.2, 0) is 0 Å². The molecule has 0 amide bonds. The van der Waals surface area contributed by atoms with Gasteiger partial charge in [-0.2, -0.15) is 4.98 Å². The summed E-state index contributed by atoms with van der Waals surface area (Å²) in [5, 5.41) is 3.36. The van der Waals surface area contributed by atoms with Gasteiger partial charge in [0.05, 0.1) is 6.10 Å². The van der Waals surface area contributed by atoms with E-state index in [4.69, 9.17) is 9.72 Å². The van der Waals surface area contributed by atoms with Gasteiger partial charge in [-0.25, -0.2) is 4.98 Å². The largest absolute Gasteiger partial charge is 0.491 e. The Labute approximate surface area is 161 Å². The Morgan fingerprint density at radius 3 is 2.33 bits per heavy atom. The van der Waals surface area contributed by atoms with Gasteiger partial charge in [0, 0.05) is 29.7 Å². The standard InChI is InChI=1S/C22H26N4O/c1-5-26(19-9-7-6-8-10-19)22-23-17(4)15-21(25-22)24-18-11-13-20(14-12-18)27-16(2)3/h6-16H,5H2,1-4H3,(H,23,24,25). The number of aryl methyl sites for hydroxylation is 1. The second-order valence-corrected chi connectivity index (χ2v) is 6.59. The van der Waals surface area contributed by atoms with Crippen molar-refractivity contribution in [1.82, 2.24) is 9.97 Å². The van der Waals surface area contributed by atoms with Crippen molar-refractivity contribution in [2.24, 2.45) is 0 Å². The van der Waals surface area contributed by atoms with E-state index in [1.165, 1.54) is 0 Å². The molecule has 0 radical (unpaired) electrons. The van der Waals surface area contributed by atoms with Crippen molar-refractivity contribution in [2.45, 2.75) is 33.8 Å². The van der Waals surface area contributed by atoms with Crippen LogP contribution in [0.3, 0.4) is 0 Å². The highest BCUT2D eigenvalue weighted by Gasteiger charge is 2.12. The molecule has 5 nitrogen and oxygen atoms in total. The van der Waals surface area contributed by atoms with Crippen LogP contribution in [0.1, 0.15) is 26.5 Å². The summed E-state index contributed by atoms with van der Waals surface area (Å²) in [6.45, 7) is 8.90. The number of rotatable bonds is 7. The smallest absolute Gasteiger partial charge is 0.232 e. The highest BCUT2D eigenvalue weighted by atomic mass is 16.5. The van der Waals surface area contributed by atoms with E-state index in [0.717, 1.165) is 35.2 Å². The summed E-state index contributed by atoms with van der Waals surface area (Å²) in [5.74, 6) is 2.31. The topological polar surface area (TPSA) is 50.3 Å². The van der Waals surface area contributed by atoms with E-state index in [1.54, 1.807) is 0 Å². The minimum absolute atomic E-state index is 0.161. The molecular weight excluding hydrogens is 336 g/mol. The summed E-state index contributed by atoms with van der Waals surface area (Å²) in [6, 6.07) is 20.0. The van der Waals surface area contributed by atoms with Crippen molar-refractivity contribution in [3.63, 3.8) is 0 Å². The minimum atomic E-state index is 0.161. The van der Waals surface area contributed by atoms with E-state index in [2.05, 4.69) is 34.3 Å². The number of nitrogens with zero attached hydrogens (tertiary/aromatic N) is 3. The molecular formula is C22H26N4O. The van der Waals surface area contributed by atoms with Gasteiger partial charge in [-0.05, 0) is 64.1 Å². The number of benzene rings is 2. The number of hydrogen-bond acceptors (Lipinski definition) is 5. The van der Waals surface area contributed by atoms with Crippen molar-refractivity contribution >= 4 is 23.1 Å². The number of para-hydroxylation sites is 1. The van der Waals surface area contributed by atoms with Crippen molar-refractivity contribution in [1.29, 1.82) is 0 Å². The maximum atomic E-state index is 5.69. The highest BCUT2D eigenvalue weighted by Crippen LogP contribution is 2.25. The zero-order chi connectivity index (χ0) is 19.2. The molecule has 0 atom stereocenters. The van der Waals surface area contributed by atoms with E-state index in [-0.39, 0.29) is 6.10 Å². The average molecular weight is 362 g/mol. The van der Waals surface area contributed by atoms with Crippen LogP contribution in [0.5, 0.6) is 5.75 Å². The number of anilines is 4. The Kier molecular flexibility index (Phi) is 5.91. The van der Waals surface area contributed by atoms with Gasteiger partial charge < -0.3 is 15.0 Å². The fraction of sp³-hybridized carbons (Fsp3) is 0.273. The van der Waals surface area contributed by atoms with Crippen LogP contribution < -0.4 is 15.0 Å². The lowest BCUT2D eigenvalue weighted by molar-refractivity contribution is 0.242. The van der Waals surface area contributed by atoms with Crippen LogP contribution in [0.15, 0.2) is 60.7 Å². The van der Waals surface area contributed by atoms with Gasteiger partial charge in [0.1, 0.15) is 11.6 Å². The van der Waals surface area contributed by atoms with Crippen molar-refractivity contribution in [3.8, 4) is 5.75 Å². The summed E-state index contributed by atoms with van der Waals surface area (Å²) >= 11 is 0. The van der Waals surface area contributed by atoms with E-state index >= 15 is 0 Å². The number of hydrogen-bond donors (Lipinski definition) is 1. The summed E-state index contributed by atoms with van der Waals surface area (Å²) in [6.07, 6.45) is 0.161. The zero-order valence-electron chi connectivity index (χ0n) is 16.3. The monoisotopic (exact) mass is 362 g/mol. The lowest BCUT2D eigenvalue weighted by Crippen LogP contribution is -2.19. The molecule has 27 heavy (non-hydrogen) atoms. The van der Waals surface area contributed by atoms with Gasteiger partial charge in [0.2, 0.25) is 5.95 Å². The quantitative estimate of drug-likeness (QED) is 0.603. The van der Waals surface area contributed by atoms with Crippen LogP contribution in [0.4, 0.5) is 23.1 Å². The lowest BCUT2D eigenvalue weighted by Gasteiger charge is -2.22. The Morgan fingerprint density at radius 1 is 1.00 bits per heavy atom. The SMILES string of the molecule is CCN(c1ccccc1)c1nc(C)cc(Nc2ccc(OC(C)C)cc2)n1.